The molecule has 0 fully saturated rings. The smallest absolute Gasteiger partial charge is 0.412 e. The first-order valence-corrected chi connectivity index (χ1v) is 7.04. The van der Waals surface area contributed by atoms with Crippen LogP contribution in [0.15, 0.2) is 35.3 Å². The summed E-state index contributed by atoms with van der Waals surface area (Å²) in [6, 6.07) is 2.20. The molecule has 1 rings (SSSR count). The van der Waals surface area contributed by atoms with Crippen molar-refractivity contribution in [3.63, 3.8) is 0 Å². The minimum absolute atomic E-state index is 0.191. The third-order valence-corrected chi connectivity index (χ3v) is 2.82. The quantitative estimate of drug-likeness (QED) is 0.357. The van der Waals surface area contributed by atoms with Crippen molar-refractivity contribution in [2.45, 2.75) is 19.9 Å². The maximum absolute atomic E-state index is 11.8. The van der Waals surface area contributed by atoms with E-state index in [0.717, 1.165) is 0 Å². The average molecular weight is 371 g/mol. The van der Waals surface area contributed by atoms with Crippen molar-refractivity contribution >= 4 is 33.8 Å². The number of rotatable bonds is 6. The predicted octanol–water partition coefficient (Wildman–Crippen LogP) is 2.22. The second-order valence-electron chi connectivity index (χ2n) is 4.36. The molecule has 22 heavy (non-hydrogen) atoms. The summed E-state index contributed by atoms with van der Waals surface area (Å²) in [4.78, 5) is 38.6. The van der Waals surface area contributed by atoms with E-state index in [1.54, 1.807) is 12.1 Å². The Hall–Kier alpha value is -2.22. The summed E-state index contributed by atoms with van der Waals surface area (Å²) in [6.07, 6.45) is 0.548. The van der Waals surface area contributed by atoms with Crippen molar-refractivity contribution in [1.82, 2.24) is 10.3 Å². The fourth-order valence-electron chi connectivity index (χ4n) is 1.31. The largest absolute Gasteiger partial charge is 0.456 e. The first-order chi connectivity index (χ1) is 10.3. The number of nitrogens with zero attached hydrogens (tertiary/aromatic N) is 1. The van der Waals surface area contributed by atoms with Gasteiger partial charge in [0, 0.05) is 11.8 Å². The molecule has 1 N–H and O–H groups in total. The Morgan fingerprint density at radius 3 is 2.64 bits per heavy atom. The summed E-state index contributed by atoms with van der Waals surface area (Å²) < 4.78 is 10.1. The van der Waals surface area contributed by atoms with Gasteiger partial charge in [0.1, 0.15) is 10.6 Å². The van der Waals surface area contributed by atoms with Gasteiger partial charge in [0.05, 0.1) is 5.76 Å². The van der Waals surface area contributed by atoms with Crippen LogP contribution < -0.4 is 5.32 Å². The van der Waals surface area contributed by atoms with Crippen LogP contribution in [0.2, 0.25) is 0 Å². The Morgan fingerprint density at radius 2 is 2.09 bits per heavy atom. The number of aromatic nitrogens is 1. The molecule has 1 aromatic rings. The van der Waals surface area contributed by atoms with E-state index in [9.17, 15) is 14.4 Å². The van der Waals surface area contributed by atoms with Gasteiger partial charge in [-0.05, 0) is 41.9 Å². The average Bonchev–Trinajstić information content (AvgIpc) is 2.44. The molecule has 0 aromatic carbocycles. The van der Waals surface area contributed by atoms with Crippen molar-refractivity contribution in [2.24, 2.45) is 0 Å². The second kappa shape index (κ2) is 8.28. The van der Waals surface area contributed by atoms with Gasteiger partial charge in [0.25, 0.3) is 0 Å². The van der Waals surface area contributed by atoms with Crippen LogP contribution in [0.25, 0.3) is 0 Å². The molecule has 1 amide bonds. The highest BCUT2D eigenvalue weighted by molar-refractivity contribution is 9.10. The van der Waals surface area contributed by atoms with Gasteiger partial charge in [-0.2, -0.15) is 0 Å². The van der Waals surface area contributed by atoms with Gasteiger partial charge in [-0.25, -0.2) is 14.6 Å². The maximum atomic E-state index is 11.8. The first kappa shape index (κ1) is 17.8. The van der Waals surface area contributed by atoms with Gasteiger partial charge >= 0.3 is 12.1 Å². The molecule has 1 aromatic heterocycles. The molecular weight excluding hydrogens is 356 g/mol. The molecule has 0 unspecified atom stereocenters. The lowest BCUT2D eigenvalue weighted by atomic mass is 10.2. The van der Waals surface area contributed by atoms with E-state index in [1.165, 1.54) is 20.0 Å². The van der Waals surface area contributed by atoms with Crippen LogP contribution >= 0.6 is 15.9 Å². The van der Waals surface area contributed by atoms with E-state index < -0.39 is 30.5 Å². The summed E-state index contributed by atoms with van der Waals surface area (Å²) in [5.74, 6) is -0.960. The SMILES string of the molecule is C=C(C)OC(=O)N[C@@H](C)C(=O)OCC(=O)c1ccc(Br)nc1. The summed E-state index contributed by atoms with van der Waals surface area (Å²) >= 11 is 3.15. The van der Waals surface area contributed by atoms with Gasteiger partial charge in [0.15, 0.2) is 6.61 Å². The lowest BCUT2D eigenvalue weighted by Gasteiger charge is -2.13. The Balaban J connectivity index is 2.44. The molecule has 7 nitrogen and oxygen atoms in total. The van der Waals surface area contributed by atoms with Gasteiger partial charge in [-0.1, -0.05) is 6.58 Å². The molecule has 0 aliphatic carbocycles. The van der Waals surface area contributed by atoms with Crippen molar-refractivity contribution < 1.29 is 23.9 Å². The fourth-order valence-corrected chi connectivity index (χ4v) is 1.54. The number of hydrogen-bond donors (Lipinski definition) is 1. The van der Waals surface area contributed by atoms with E-state index in [-0.39, 0.29) is 5.76 Å². The van der Waals surface area contributed by atoms with Crippen LogP contribution in [0.1, 0.15) is 24.2 Å². The van der Waals surface area contributed by atoms with Crippen LogP contribution in [0.4, 0.5) is 4.79 Å². The molecular formula is C14H15BrN2O5. The highest BCUT2D eigenvalue weighted by atomic mass is 79.9. The molecule has 118 valence electrons. The number of nitrogens with one attached hydrogen (secondary N) is 1. The van der Waals surface area contributed by atoms with Crippen molar-refractivity contribution in [2.75, 3.05) is 6.61 Å². The number of halogens is 1. The number of allylic oxidation sites excluding steroid dienone is 1. The summed E-state index contributed by atoms with van der Waals surface area (Å²) in [5, 5.41) is 2.26. The number of amides is 1. The monoisotopic (exact) mass is 370 g/mol. The molecule has 0 saturated heterocycles. The minimum atomic E-state index is -0.956. The van der Waals surface area contributed by atoms with Crippen LogP contribution in [0.3, 0.4) is 0 Å². The topological polar surface area (TPSA) is 94.6 Å². The second-order valence-corrected chi connectivity index (χ2v) is 5.17. The van der Waals surface area contributed by atoms with Gasteiger partial charge in [0.2, 0.25) is 5.78 Å². The highest BCUT2D eigenvalue weighted by Gasteiger charge is 2.19. The van der Waals surface area contributed by atoms with E-state index >= 15 is 0 Å². The van der Waals surface area contributed by atoms with Crippen LogP contribution in [0.5, 0.6) is 0 Å². The lowest BCUT2D eigenvalue weighted by Crippen LogP contribution is -2.40. The number of hydrogen-bond acceptors (Lipinski definition) is 6. The normalized spacial score (nSPS) is 11.2. The standard InChI is InChI=1S/C14H15BrN2O5/c1-8(2)22-14(20)17-9(3)13(19)21-7-11(18)10-4-5-12(15)16-6-10/h4-6,9H,1,7H2,2-3H3,(H,17,20)/t9-/m0/s1. The zero-order valence-corrected chi connectivity index (χ0v) is 13.7. The van der Waals surface area contributed by atoms with Crippen LogP contribution in [-0.2, 0) is 14.3 Å². The summed E-state index contributed by atoms with van der Waals surface area (Å²) in [6.45, 7) is 5.86. The third kappa shape index (κ3) is 6.04. The number of ketones is 1. The van der Waals surface area contributed by atoms with Crippen LogP contribution in [0, 0.1) is 0 Å². The molecule has 0 saturated carbocycles. The molecule has 0 aliphatic rings. The van der Waals surface area contributed by atoms with E-state index in [0.29, 0.717) is 10.2 Å². The molecule has 0 bridgehead atoms. The fraction of sp³-hybridized carbons (Fsp3) is 0.286. The molecule has 8 heteroatoms. The molecule has 0 aliphatic heterocycles. The van der Waals surface area contributed by atoms with Gasteiger partial charge < -0.3 is 14.8 Å². The molecule has 1 heterocycles. The number of Topliss-reactive ketones (excluding diaryl/α,β-unsaturated/α-hetero) is 1. The molecule has 0 spiro atoms. The van der Waals surface area contributed by atoms with E-state index in [4.69, 9.17) is 4.74 Å². The van der Waals surface area contributed by atoms with E-state index in [1.807, 2.05) is 0 Å². The van der Waals surface area contributed by atoms with Gasteiger partial charge in [-0.15, -0.1) is 0 Å². The third-order valence-electron chi connectivity index (χ3n) is 2.35. The van der Waals surface area contributed by atoms with Crippen molar-refractivity contribution in [3.8, 4) is 0 Å². The number of pyridine rings is 1. The Labute approximate surface area is 135 Å². The Bertz CT molecular complexity index is 585. The van der Waals surface area contributed by atoms with Gasteiger partial charge in [-0.3, -0.25) is 4.79 Å². The minimum Gasteiger partial charge on any atom is -0.456 e. The van der Waals surface area contributed by atoms with Crippen molar-refractivity contribution in [1.29, 1.82) is 0 Å². The zero-order valence-electron chi connectivity index (χ0n) is 12.1. The zero-order chi connectivity index (χ0) is 16.7. The Kier molecular flexibility index (Phi) is 6.71. The van der Waals surface area contributed by atoms with E-state index in [2.05, 4.69) is 37.5 Å². The number of alkyl carbamates (subject to hydrolysis) is 1. The maximum Gasteiger partial charge on any atom is 0.412 e. The summed E-state index contributed by atoms with van der Waals surface area (Å²) in [5.41, 5.74) is 0.318. The summed E-state index contributed by atoms with van der Waals surface area (Å²) in [7, 11) is 0. The number of carbonyl (C=O) groups is 3. The number of ether oxygens (including phenoxy) is 2. The Morgan fingerprint density at radius 1 is 1.41 bits per heavy atom. The highest BCUT2D eigenvalue weighted by Crippen LogP contribution is 2.07. The molecule has 1 atom stereocenters. The van der Waals surface area contributed by atoms with Crippen LogP contribution in [-0.4, -0.2) is 35.5 Å². The number of carbonyl (C=O) groups excluding carboxylic acids is 3. The lowest BCUT2D eigenvalue weighted by molar-refractivity contribution is -0.144. The predicted molar refractivity (Wildman–Crippen MR) is 81.1 cm³/mol. The molecule has 0 radical (unpaired) electrons. The number of esters is 1. The first-order valence-electron chi connectivity index (χ1n) is 6.25. The van der Waals surface area contributed by atoms with Crippen molar-refractivity contribution in [3.05, 3.63) is 40.8 Å².